The zero-order valence-electron chi connectivity index (χ0n) is 17.1. The number of carbonyl (C=O) groups excluding carboxylic acids is 2. The molecule has 0 atom stereocenters. The lowest BCUT2D eigenvalue weighted by atomic mass is 10.1. The van der Waals surface area contributed by atoms with Crippen LogP contribution in [0.3, 0.4) is 0 Å². The molecule has 0 saturated heterocycles. The summed E-state index contributed by atoms with van der Waals surface area (Å²) < 4.78 is 6.80. The predicted octanol–water partition coefficient (Wildman–Crippen LogP) is 3.81. The van der Waals surface area contributed by atoms with Crippen molar-refractivity contribution in [3.63, 3.8) is 0 Å². The molecule has 7 nitrogen and oxygen atoms in total. The molecule has 0 spiro atoms. The fourth-order valence-electron chi connectivity index (χ4n) is 3.40. The Morgan fingerprint density at radius 1 is 1.13 bits per heavy atom. The second-order valence-electron chi connectivity index (χ2n) is 7.09. The molecule has 7 heteroatoms. The Kier molecular flexibility index (Phi) is 6.03. The van der Waals surface area contributed by atoms with Crippen molar-refractivity contribution >= 4 is 28.7 Å². The maximum absolute atomic E-state index is 12.5. The van der Waals surface area contributed by atoms with Crippen LogP contribution < -0.4 is 0 Å². The summed E-state index contributed by atoms with van der Waals surface area (Å²) in [5, 5.41) is 8.90. The summed E-state index contributed by atoms with van der Waals surface area (Å²) in [5.74, 6) is -0.866. The van der Waals surface area contributed by atoms with Crippen molar-refractivity contribution < 1.29 is 14.3 Å². The van der Waals surface area contributed by atoms with Gasteiger partial charge in [-0.3, -0.25) is 4.79 Å². The maximum atomic E-state index is 12.5. The highest BCUT2D eigenvalue weighted by molar-refractivity contribution is 6.09. The Bertz CT molecular complexity index is 1240. The molecule has 0 amide bonds. The van der Waals surface area contributed by atoms with Gasteiger partial charge in [-0.05, 0) is 23.6 Å². The number of carbonyl (C=O) groups is 2. The summed E-state index contributed by atoms with van der Waals surface area (Å²) in [6.45, 7) is 2.32. The van der Waals surface area contributed by atoms with E-state index >= 15 is 0 Å². The summed E-state index contributed by atoms with van der Waals surface area (Å²) in [7, 11) is 0. The van der Waals surface area contributed by atoms with E-state index in [0.29, 0.717) is 17.8 Å². The van der Waals surface area contributed by atoms with E-state index in [0.717, 1.165) is 28.5 Å². The minimum absolute atomic E-state index is 0.255. The topological polar surface area (TPSA) is 89.9 Å². The minimum Gasteiger partial charge on any atom is -0.454 e. The number of ether oxygens (including phenoxy) is 1. The van der Waals surface area contributed by atoms with Crippen LogP contribution in [0.2, 0.25) is 0 Å². The molecule has 0 aliphatic heterocycles. The van der Waals surface area contributed by atoms with Gasteiger partial charge < -0.3 is 9.72 Å². The number of fused-ring (bicyclic) bond motifs is 1. The summed E-state index contributed by atoms with van der Waals surface area (Å²) in [6.07, 6.45) is 7.02. The van der Waals surface area contributed by atoms with Crippen molar-refractivity contribution in [2.24, 2.45) is 0 Å². The Morgan fingerprint density at radius 3 is 2.77 bits per heavy atom. The number of aromatic nitrogens is 4. The highest BCUT2D eigenvalue weighted by Crippen LogP contribution is 2.22. The van der Waals surface area contributed by atoms with E-state index in [4.69, 9.17) is 4.74 Å². The van der Waals surface area contributed by atoms with E-state index in [1.165, 1.54) is 12.2 Å². The van der Waals surface area contributed by atoms with Gasteiger partial charge in [0, 0.05) is 28.7 Å². The van der Waals surface area contributed by atoms with Gasteiger partial charge in [-0.2, -0.15) is 0 Å². The molecule has 4 aromatic rings. The Hall–Kier alpha value is -4.00. The number of nitrogens with zero attached hydrogens (tertiary/aromatic N) is 3. The van der Waals surface area contributed by atoms with Crippen LogP contribution in [-0.4, -0.2) is 38.3 Å². The van der Waals surface area contributed by atoms with Crippen molar-refractivity contribution in [3.05, 3.63) is 89.4 Å². The number of para-hydroxylation sites is 1. The SMILES string of the molecule is CCc1cccc2c(C(=O)COC(=O)/C=C/c3cn(Cc4ccccc4)nn3)c[nH]c12. The van der Waals surface area contributed by atoms with Gasteiger partial charge in [0.1, 0.15) is 5.69 Å². The van der Waals surface area contributed by atoms with Gasteiger partial charge in [0.25, 0.3) is 0 Å². The molecule has 0 bridgehead atoms. The molecule has 156 valence electrons. The van der Waals surface area contributed by atoms with E-state index in [-0.39, 0.29) is 12.4 Å². The molecule has 0 fully saturated rings. The van der Waals surface area contributed by atoms with Gasteiger partial charge in [0.15, 0.2) is 6.61 Å². The van der Waals surface area contributed by atoms with E-state index in [1.807, 2.05) is 48.5 Å². The standard InChI is InChI=1S/C24H22N4O3/c1-2-18-9-6-10-20-21(13-25-24(18)20)22(29)16-31-23(30)12-11-19-15-28(27-26-19)14-17-7-4-3-5-8-17/h3-13,15,25H,2,14,16H2,1H3/b12-11+. The number of esters is 1. The van der Waals surface area contributed by atoms with E-state index < -0.39 is 5.97 Å². The van der Waals surface area contributed by atoms with Gasteiger partial charge >= 0.3 is 5.97 Å². The van der Waals surface area contributed by atoms with E-state index in [1.54, 1.807) is 17.1 Å². The Morgan fingerprint density at radius 2 is 1.97 bits per heavy atom. The molecule has 31 heavy (non-hydrogen) atoms. The molecule has 2 aromatic carbocycles. The minimum atomic E-state index is -0.611. The zero-order chi connectivity index (χ0) is 21.6. The highest BCUT2D eigenvalue weighted by Gasteiger charge is 2.15. The van der Waals surface area contributed by atoms with Crippen molar-refractivity contribution in [1.29, 1.82) is 0 Å². The summed E-state index contributed by atoms with van der Waals surface area (Å²) in [5.41, 5.74) is 4.23. The normalized spacial score (nSPS) is 11.3. The summed E-state index contributed by atoms with van der Waals surface area (Å²) >= 11 is 0. The van der Waals surface area contributed by atoms with Crippen LogP contribution in [0.5, 0.6) is 0 Å². The number of hydrogen-bond donors (Lipinski definition) is 1. The number of H-pyrrole nitrogens is 1. The van der Waals surface area contributed by atoms with Crippen LogP contribution in [0.15, 0.2) is 67.0 Å². The van der Waals surface area contributed by atoms with Crippen LogP contribution >= 0.6 is 0 Å². The Balaban J connectivity index is 1.33. The van der Waals surface area contributed by atoms with E-state index in [2.05, 4.69) is 22.2 Å². The van der Waals surface area contributed by atoms with Gasteiger partial charge in [0.05, 0.1) is 12.7 Å². The van der Waals surface area contributed by atoms with Crippen LogP contribution in [0.25, 0.3) is 17.0 Å². The summed E-state index contributed by atoms with van der Waals surface area (Å²) in [6, 6.07) is 15.7. The number of aryl methyl sites for hydroxylation is 1. The molecule has 0 aliphatic carbocycles. The number of Topliss-reactive ketones (excluding diaryl/α,β-unsaturated/α-hetero) is 1. The molecule has 0 saturated carbocycles. The third-order valence-corrected chi connectivity index (χ3v) is 4.96. The lowest BCUT2D eigenvalue weighted by Crippen LogP contribution is -2.12. The maximum Gasteiger partial charge on any atom is 0.331 e. The molecule has 0 aliphatic rings. The molecule has 0 unspecified atom stereocenters. The predicted molar refractivity (Wildman–Crippen MR) is 118 cm³/mol. The van der Waals surface area contributed by atoms with Crippen LogP contribution in [0.4, 0.5) is 0 Å². The van der Waals surface area contributed by atoms with Gasteiger partial charge in [-0.15, -0.1) is 5.10 Å². The largest absolute Gasteiger partial charge is 0.454 e. The lowest BCUT2D eigenvalue weighted by molar-refractivity contribution is -0.136. The first kappa shape index (κ1) is 20.3. The number of aromatic amines is 1. The molecule has 2 heterocycles. The monoisotopic (exact) mass is 414 g/mol. The average Bonchev–Trinajstić information content (AvgIpc) is 3.43. The van der Waals surface area contributed by atoms with Crippen molar-refractivity contribution in [2.45, 2.75) is 19.9 Å². The van der Waals surface area contributed by atoms with Gasteiger partial charge in [-0.1, -0.05) is 60.7 Å². The van der Waals surface area contributed by atoms with Crippen LogP contribution in [-0.2, 0) is 22.5 Å². The highest BCUT2D eigenvalue weighted by atomic mass is 16.5. The number of ketones is 1. The zero-order valence-corrected chi connectivity index (χ0v) is 17.1. The second-order valence-corrected chi connectivity index (χ2v) is 7.09. The fraction of sp³-hybridized carbons (Fsp3) is 0.167. The number of nitrogens with one attached hydrogen (secondary N) is 1. The van der Waals surface area contributed by atoms with Crippen LogP contribution in [0, 0.1) is 0 Å². The van der Waals surface area contributed by atoms with Crippen LogP contribution in [0.1, 0.15) is 34.1 Å². The van der Waals surface area contributed by atoms with Gasteiger partial charge in [-0.25, -0.2) is 9.48 Å². The lowest BCUT2D eigenvalue weighted by Gasteiger charge is -2.02. The fourth-order valence-corrected chi connectivity index (χ4v) is 3.40. The quantitative estimate of drug-likeness (QED) is 0.269. The Labute approximate surface area is 179 Å². The first-order chi connectivity index (χ1) is 15.1. The van der Waals surface area contributed by atoms with Gasteiger partial charge in [0.2, 0.25) is 5.78 Å². The molecule has 2 aromatic heterocycles. The molecular weight excluding hydrogens is 392 g/mol. The summed E-state index contributed by atoms with van der Waals surface area (Å²) in [4.78, 5) is 27.7. The number of hydrogen-bond acceptors (Lipinski definition) is 5. The molecular formula is C24H22N4O3. The first-order valence-electron chi connectivity index (χ1n) is 10.0. The van der Waals surface area contributed by atoms with Crippen molar-refractivity contribution in [2.75, 3.05) is 6.61 Å². The number of benzene rings is 2. The molecule has 4 rings (SSSR count). The third kappa shape index (κ3) is 4.78. The molecule has 0 radical (unpaired) electrons. The third-order valence-electron chi connectivity index (χ3n) is 4.96. The first-order valence-corrected chi connectivity index (χ1v) is 10.0. The smallest absolute Gasteiger partial charge is 0.331 e. The van der Waals surface area contributed by atoms with Crippen molar-refractivity contribution in [1.82, 2.24) is 20.0 Å². The van der Waals surface area contributed by atoms with Crippen molar-refractivity contribution in [3.8, 4) is 0 Å². The average molecular weight is 414 g/mol. The number of rotatable bonds is 8. The molecule has 1 N–H and O–H groups in total. The second kappa shape index (κ2) is 9.21. The van der Waals surface area contributed by atoms with E-state index in [9.17, 15) is 9.59 Å².